The molecule has 1 rings (SSSR count). The van der Waals surface area contributed by atoms with Crippen molar-refractivity contribution in [2.45, 2.75) is 24.9 Å². The smallest absolute Gasteiger partial charge is 0.340 e. The molecule has 0 radical (unpaired) electrons. The number of H-pyrrole nitrogens is 1. The van der Waals surface area contributed by atoms with Crippen LogP contribution in [0.5, 0.6) is 0 Å². The van der Waals surface area contributed by atoms with Gasteiger partial charge in [0.15, 0.2) is 5.03 Å². The van der Waals surface area contributed by atoms with E-state index in [9.17, 15) is 18.0 Å². The average molecular weight is 290 g/mol. The Hall–Kier alpha value is -1.94. The number of aromatic amines is 1. The first-order valence-electron chi connectivity index (χ1n) is 5.24. The zero-order chi connectivity index (χ0) is 14.8. The molecule has 9 nitrogen and oxygen atoms in total. The number of sulfonamides is 1. The highest BCUT2D eigenvalue weighted by Gasteiger charge is 2.33. The van der Waals surface area contributed by atoms with E-state index in [1.807, 2.05) is 0 Å². The largest absolute Gasteiger partial charge is 0.478 e. The van der Waals surface area contributed by atoms with E-state index in [4.69, 9.17) is 10.8 Å². The maximum Gasteiger partial charge on any atom is 0.340 e. The minimum atomic E-state index is -4.19. The molecule has 0 saturated carbocycles. The van der Waals surface area contributed by atoms with E-state index in [1.165, 1.54) is 13.8 Å². The summed E-state index contributed by atoms with van der Waals surface area (Å²) in [6.07, 6.45) is 0.887. The first-order valence-corrected chi connectivity index (χ1v) is 6.68. The van der Waals surface area contributed by atoms with Gasteiger partial charge in [-0.05, 0) is 13.8 Å². The van der Waals surface area contributed by atoms with Crippen molar-refractivity contribution in [3.63, 3.8) is 0 Å². The molecule has 1 aromatic heterocycles. The topological polar surface area (TPSA) is 146 Å². The number of carbonyl (C=O) groups excluding carboxylic acids is 1. The van der Waals surface area contributed by atoms with Crippen LogP contribution >= 0.6 is 0 Å². The third-order valence-electron chi connectivity index (χ3n) is 2.29. The summed E-state index contributed by atoms with van der Waals surface area (Å²) in [5, 5.41) is 13.8. The SMILES string of the molecule is CC(C)N(CC(N)=O)S(=O)(=O)c1[nH]ncc1C(=O)O. The Morgan fingerprint density at radius 2 is 2.11 bits per heavy atom. The first-order chi connectivity index (χ1) is 8.67. The number of nitrogens with zero attached hydrogens (tertiary/aromatic N) is 2. The van der Waals surface area contributed by atoms with Crippen LogP contribution in [0.25, 0.3) is 0 Å². The van der Waals surface area contributed by atoms with Crippen molar-refractivity contribution in [1.29, 1.82) is 0 Å². The van der Waals surface area contributed by atoms with E-state index in [1.54, 1.807) is 0 Å². The van der Waals surface area contributed by atoms with Crippen molar-refractivity contribution in [1.82, 2.24) is 14.5 Å². The molecule has 1 aromatic rings. The maximum absolute atomic E-state index is 12.3. The predicted octanol–water partition coefficient (Wildman–Crippen LogP) is -1.01. The zero-order valence-corrected chi connectivity index (χ0v) is 11.1. The maximum atomic E-state index is 12.3. The molecule has 10 heteroatoms. The number of carbonyl (C=O) groups is 2. The predicted molar refractivity (Wildman–Crippen MR) is 63.8 cm³/mol. The monoisotopic (exact) mass is 290 g/mol. The van der Waals surface area contributed by atoms with Crippen LogP contribution in [0.2, 0.25) is 0 Å². The number of hydrogen-bond donors (Lipinski definition) is 3. The zero-order valence-electron chi connectivity index (χ0n) is 10.3. The van der Waals surface area contributed by atoms with Crippen molar-refractivity contribution in [2.75, 3.05) is 6.54 Å². The summed E-state index contributed by atoms with van der Waals surface area (Å²) in [6.45, 7) is 2.53. The fourth-order valence-electron chi connectivity index (χ4n) is 1.44. The molecule has 0 saturated heterocycles. The van der Waals surface area contributed by atoms with E-state index >= 15 is 0 Å². The van der Waals surface area contributed by atoms with Crippen LogP contribution in [-0.2, 0) is 14.8 Å². The number of amides is 1. The van der Waals surface area contributed by atoms with E-state index < -0.39 is 45.1 Å². The molecule has 4 N–H and O–H groups in total. The van der Waals surface area contributed by atoms with Crippen molar-refractivity contribution in [3.8, 4) is 0 Å². The van der Waals surface area contributed by atoms with E-state index in [2.05, 4.69) is 10.2 Å². The molecule has 0 aromatic carbocycles. The Kier molecular flexibility index (Phi) is 4.27. The van der Waals surface area contributed by atoms with Crippen molar-refractivity contribution in [3.05, 3.63) is 11.8 Å². The van der Waals surface area contributed by atoms with Crippen LogP contribution in [0.3, 0.4) is 0 Å². The third kappa shape index (κ3) is 3.09. The van der Waals surface area contributed by atoms with E-state index in [0.29, 0.717) is 0 Å². The molecule has 0 aliphatic rings. The van der Waals surface area contributed by atoms with Gasteiger partial charge < -0.3 is 10.8 Å². The third-order valence-corrected chi connectivity index (χ3v) is 4.28. The van der Waals surface area contributed by atoms with E-state index in [0.717, 1.165) is 10.5 Å². The number of carboxylic acids is 1. The minimum Gasteiger partial charge on any atom is -0.478 e. The molecule has 0 aliphatic carbocycles. The minimum absolute atomic E-state index is 0.491. The van der Waals surface area contributed by atoms with Gasteiger partial charge in [-0.15, -0.1) is 0 Å². The second-order valence-electron chi connectivity index (χ2n) is 4.03. The van der Waals surface area contributed by atoms with Crippen LogP contribution in [0.1, 0.15) is 24.2 Å². The quantitative estimate of drug-likeness (QED) is 0.611. The van der Waals surface area contributed by atoms with Crippen LogP contribution in [0.15, 0.2) is 11.2 Å². The standard InChI is InChI=1S/C9H14N4O5S/c1-5(2)13(4-7(10)14)19(17,18)8-6(9(15)16)3-11-12-8/h3,5H,4H2,1-2H3,(H2,10,14)(H,11,12)(H,15,16). The lowest BCUT2D eigenvalue weighted by atomic mass is 10.4. The number of aromatic nitrogens is 2. The normalized spacial score (nSPS) is 12.0. The number of nitrogens with two attached hydrogens (primary N) is 1. The lowest BCUT2D eigenvalue weighted by molar-refractivity contribution is -0.118. The number of primary amides is 1. The van der Waals surface area contributed by atoms with Gasteiger partial charge in [-0.25, -0.2) is 13.2 Å². The summed E-state index contributed by atoms with van der Waals surface area (Å²) in [7, 11) is -4.19. The molecule has 0 spiro atoms. The molecule has 0 bridgehead atoms. The van der Waals surface area contributed by atoms with Crippen LogP contribution < -0.4 is 5.73 Å². The molecule has 106 valence electrons. The summed E-state index contributed by atoms with van der Waals surface area (Å²) in [5.74, 6) is -2.27. The molecular formula is C9H14N4O5S. The molecule has 0 fully saturated rings. The van der Waals surface area contributed by atoms with Gasteiger partial charge in [-0.3, -0.25) is 9.89 Å². The summed E-state index contributed by atoms with van der Waals surface area (Å²) < 4.78 is 25.4. The highest BCUT2D eigenvalue weighted by atomic mass is 32.2. The van der Waals surface area contributed by atoms with Gasteiger partial charge in [0.05, 0.1) is 12.7 Å². The van der Waals surface area contributed by atoms with Gasteiger partial charge in [0.2, 0.25) is 5.91 Å². The summed E-state index contributed by atoms with van der Waals surface area (Å²) in [5.41, 5.74) is 4.50. The van der Waals surface area contributed by atoms with Gasteiger partial charge in [0, 0.05) is 6.04 Å². The van der Waals surface area contributed by atoms with Gasteiger partial charge in [-0.2, -0.15) is 9.40 Å². The highest BCUT2D eigenvalue weighted by molar-refractivity contribution is 7.89. The Labute approximate surface area is 109 Å². The lowest BCUT2D eigenvalue weighted by Gasteiger charge is -2.23. The Morgan fingerprint density at radius 1 is 1.53 bits per heavy atom. The van der Waals surface area contributed by atoms with Gasteiger partial charge >= 0.3 is 5.97 Å². The van der Waals surface area contributed by atoms with Crippen LogP contribution in [-0.4, -0.2) is 52.5 Å². The number of rotatable bonds is 6. The molecule has 0 unspecified atom stereocenters. The Bertz CT molecular complexity index is 592. The first kappa shape index (κ1) is 15.1. The number of aromatic carboxylic acids is 1. The molecule has 1 amide bonds. The fourth-order valence-corrected chi connectivity index (χ4v) is 3.11. The van der Waals surface area contributed by atoms with Crippen molar-refractivity contribution >= 4 is 21.9 Å². The Balaban J connectivity index is 3.31. The van der Waals surface area contributed by atoms with Gasteiger partial charge in [0.25, 0.3) is 10.0 Å². The molecule has 0 aliphatic heterocycles. The van der Waals surface area contributed by atoms with Crippen LogP contribution in [0.4, 0.5) is 0 Å². The summed E-state index contributed by atoms with van der Waals surface area (Å²) in [4.78, 5) is 21.8. The van der Waals surface area contributed by atoms with Gasteiger partial charge in [0.1, 0.15) is 5.56 Å². The second kappa shape index (κ2) is 5.36. The average Bonchev–Trinajstić information content (AvgIpc) is 2.74. The second-order valence-corrected chi connectivity index (χ2v) is 5.86. The van der Waals surface area contributed by atoms with Crippen molar-refractivity contribution < 1.29 is 23.1 Å². The summed E-state index contributed by atoms with van der Waals surface area (Å²) in [6, 6.07) is -0.567. The van der Waals surface area contributed by atoms with Crippen molar-refractivity contribution in [2.24, 2.45) is 5.73 Å². The number of carboxylic acid groups (broad SMARTS) is 1. The van der Waals surface area contributed by atoms with E-state index in [-0.39, 0.29) is 0 Å². The fraction of sp³-hybridized carbons (Fsp3) is 0.444. The molecule has 19 heavy (non-hydrogen) atoms. The number of nitrogens with one attached hydrogen (secondary N) is 1. The highest BCUT2D eigenvalue weighted by Crippen LogP contribution is 2.19. The molecule has 1 heterocycles. The lowest BCUT2D eigenvalue weighted by Crippen LogP contribution is -2.43. The summed E-state index contributed by atoms with van der Waals surface area (Å²) >= 11 is 0. The number of hydrogen-bond acceptors (Lipinski definition) is 5. The molecular weight excluding hydrogens is 276 g/mol. The van der Waals surface area contributed by atoms with Gasteiger partial charge in [-0.1, -0.05) is 0 Å². The Morgan fingerprint density at radius 3 is 2.53 bits per heavy atom. The van der Waals surface area contributed by atoms with Crippen LogP contribution in [0, 0.1) is 0 Å². The molecule has 0 atom stereocenters.